The molecule has 1 spiro atoms. The second-order valence-corrected chi connectivity index (χ2v) is 7.38. The topological polar surface area (TPSA) is 69.7 Å². The molecule has 0 atom stereocenters. The Hall–Kier alpha value is -2.37. The monoisotopic (exact) mass is 343 g/mol. The van der Waals surface area contributed by atoms with E-state index in [1.165, 1.54) is 4.90 Å². The van der Waals surface area contributed by atoms with E-state index in [1.54, 1.807) is 7.05 Å². The summed E-state index contributed by atoms with van der Waals surface area (Å²) in [7, 11) is 1.66. The van der Waals surface area contributed by atoms with E-state index in [0.29, 0.717) is 18.8 Å². The molecule has 1 aliphatic heterocycles. The number of imide groups is 1. The van der Waals surface area contributed by atoms with Crippen LogP contribution in [0.5, 0.6) is 0 Å². The molecule has 4 amide bonds. The first-order valence-corrected chi connectivity index (χ1v) is 8.80. The summed E-state index contributed by atoms with van der Waals surface area (Å²) in [5.41, 5.74) is 0.992. The fraction of sp³-hybridized carbons (Fsp3) is 0.526. The molecule has 0 radical (unpaired) electrons. The molecule has 2 aliphatic rings. The summed E-state index contributed by atoms with van der Waals surface area (Å²) < 4.78 is 0. The SMILES string of the molecule is Cc1cccc(N(C)C(=O)CN2C(=O)NC3(CCC(C)CC3)C2=O)c1. The Labute approximate surface area is 148 Å². The maximum absolute atomic E-state index is 12.8. The second kappa shape index (κ2) is 6.50. The minimum atomic E-state index is -0.800. The van der Waals surface area contributed by atoms with E-state index in [0.717, 1.165) is 29.0 Å². The number of nitrogens with one attached hydrogen (secondary N) is 1. The van der Waals surface area contributed by atoms with Gasteiger partial charge in [-0.2, -0.15) is 0 Å². The van der Waals surface area contributed by atoms with Gasteiger partial charge in [-0.1, -0.05) is 19.1 Å². The van der Waals surface area contributed by atoms with Gasteiger partial charge < -0.3 is 10.2 Å². The number of aryl methyl sites for hydroxylation is 1. The number of hydrogen-bond acceptors (Lipinski definition) is 3. The van der Waals surface area contributed by atoms with Gasteiger partial charge in [-0.3, -0.25) is 14.5 Å². The lowest BCUT2D eigenvalue weighted by molar-refractivity contribution is -0.135. The molecule has 1 heterocycles. The van der Waals surface area contributed by atoms with Crippen molar-refractivity contribution in [3.63, 3.8) is 0 Å². The molecule has 1 aromatic carbocycles. The van der Waals surface area contributed by atoms with Crippen LogP contribution < -0.4 is 10.2 Å². The van der Waals surface area contributed by atoms with Crippen molar-refractivity contribution in [3.8, 4) is 0 Å². The van der Waals surface area contributed by atoms with Crippen LogP contribution in [0.3, 0.4) is 0 Å². The molecule has 6 nitrogen and oxygen atoms in total. The summed E-state index contributed by atoms with van der Waals surface area (Å²) in [5.74, 6) is 0.0317. The van der Waals surface area contributed by atoms with Gasteiger partial charge in [-0.05, 0) is 56.2 Å². The van der Waals surface area contributed by atoms with Gasteiger partial charge in [0, 0.05) is 12.7 Å². The molecule has 0 bridgehead atoms. The Morgan fingerprint density at radius 1 is 1.32 bits per heavy atom. The van der Waals surface area contributed by atoms with E-state index in [-0.39, 0.29) is 18.4 Å². The van der Waals surface area contributed by atoms with E-state index >= 15 is 0 Å². The molecule has 1 aromatic rings. The molecule has 3 rings (SSSR count). The van der Waals surface area contributed by atoms with Crippen molar-refractivity contribution in [1.29, 1.82) is 0 Å². The number of anilines is 1. The van der Waals surface area contributed by atoms with Crippen molar-refractivity contribution >= 4 is 23.5 Å². The average molecular weight is 343 g/mol. The predicted octanol–water partition coefficient (Wildman–Crippen LogP) is 2.46. The van der Waals surface area contributed by atoms with Crippen LogP contribution in [-0.4, -0.2) is 41.9 Å². The molecule has 25 heavy (non-hydrogen) atoms. The number of amides is 4. The zero-order valence-electron chi connectivity index (χ0n) is 15.0. The first kappa shape index (κ1) is 17.5. The maximum Gasteiger partial charge on any atom is 0.325 e. The highest BCUT2D eigenvalue weighted by atomic mass is 16.2. The third-order valence-corrected chi connectivity index (χ3v) is 5.43. The van der Waals surface area contributed by atoms with Gasteiger partial charge in [-0.15, -0.1) is 0 Å². The highest BCUT2D eigenvalue weighted by Gasteiger charge is 2.52. The number of carbonyl (C=O) groups is 3. The quantitative estimate of drug-likeness (QED) is 0.857. The van der Waals surface area contributed by atoms with Gasteiger partial charge in [0.1, 0.15) is 12.1 Å². The fourth-order valence-corrected chi connectivity index (χ4v) is 3.64. The van der Waals surface area contributed by atoms with E-state index in [1.807, 2.05) is 31.2 Å². The van der Waals surface area contributed by atoms with E-state index in [2.05, 4.69) is 12.2 Å². The molecule has 1 aliphatic carbocycles. The van der Waals surface area contributed by atoms with Crippen LogP contribution in [0.2, 0.25) is 0 Å². The van der Waals surface area contributed by atoms with Crippen molar-refractivity contribution in [2.45, 2.75) is 45.1 Å². The van der Waals surface area contributed by atoms with Gasteiger partial charge >= 0.3 is 6.03 Å². The smallest absolute Gasteiger partial charge is 0.323 e. The Kier molecular flexibility index (Phi) is 4.54. The second-order valence-electron chi connectivity index (χ2n) is 7.38. The lowest BCUT2D eigenvalue weighted by Gasteiger charge is -2.33. The summed E-state index contributed by atoms with van der Waals surface area (Å²) in [6, 6.07) is 7.10. The number of nitrogens with zero attached hydrogens (tertiary/aromatic N) is 2. The standard InChI is InChI=1S/C19H25N3O3/c1-13-7-9-19(10-8-13)17(24)22(18(25)20-19)12-16(23)21(3)15-6-4-5-14(2)11-15/h4-6,11,13H,7-10,12H2,1-3H3,(H,20,25). The molecular weight excluding hydrogens is 318 g/mol. The summed E-state index contributed by atoms with van der Waals surface area (Å²) >= 11 is 0. The number of hydrogen-bond donors (Lipinski definition) is 1. The third-order valence-electron chi connectivity index (χ3n) is 5.43. The maximum atomic E-state index is 12.8. The lowest BCUT2D eigenvalue weighted by Crippen LogP contribution is -2.50. The first-order chi connectivity index (χ1) is 11.8. The summed E-state index contributed by atoms with van der Waals surface area (Å²) in [5, 5.41) is 2.85. The van der Waals surface area contributed by atoms with Crippen LogP contribution in [0.15, 0.2) is 24.3 Å². The minimum Gasteiger partial charge on any atom is -0.323 e. The third kappa shape index (κ3) is 3.25. The zero-order valence-corrected chi connectivity index (χ0v) is 15.0. The van der Waals surface area contributed by atoms with Gasteiger partial charge in [-0.25, -0.2) is 4.79 Å². The molecule has 1 saturated heterocycles. The van der Waals surface area contributed by atoms with Gasteiger partial charge in [0.2, 0.25) is 5.91 Å². The molecular formula is C19H25N3O3. The highest BCUT2D eigenvalue weighted by Crippen LogP contribution is 2.36. The average Bonchev–Trinajstić information content (AvgIpc) is 2.81. The summed E-state index contributed by atoms with van der Waals surface area (Å²) in [4.78, 5) is 40.3. The lowest BCUT2D eigenvalue weighted by atomic mass is 9.77. The molecule has 6 heteroatoms. The van der Waals surface area contributed by atoms with E-state index in [9.17, 15) is 14.4 Å². The molecule has 2 fully saturated rings. The molecule has 0 aromatic heterocycles. The van der Waals surface area contributed by atoms with Crippen LogP contribution >= 0.6 is 0 Å². The number of urea groups is 1. The number of rotatable bonds is 3. The number of likely N-dealkylation sites (N-methyl/N-ethyl adjacent to an activating group) is 1. The number of carbonyl (C=O) groups excluding carboxylic acids is 3. The van der Waals surface area contributed by atoms with Gasteiger partial charge in [0.25, 0.3) is 5.91 Å². The van der Waals surface area contributed by atoms with Crippen LogP contribution in [0.25, 0.3) is 0 Å². The molecule has 1 saturated carbocycles. The predicted molar refractivity (Wildman–Crippen MR) is 95.2 cm³/mol. The normalized spacial score (nSPS) is 26.0. The minimum absolute atomic E-state index is 0.230. The number of benzene rings is 1. The molecule has 1 N–H and O–H groups in total. The van der Waals surface area contributed by atoms with Crippen LogP contribution in [0.4, 0.5) is 10.5 Å². The largest absolute Gasteiger partial charge is 0.325 e. The van der Waals surface area contributed by atoms with Crippen molar-refractivity contribution in [2.75, 3.05) is 18.5 Å². The van der Waals surface area contributed by atoms with Crippen molar-refractivity contribution in [3.05, 3.63) is 29.8 Å². The Morgan fingerprint density at radius 2 is 2.00 bits per heavy atom. The molecule has 0 unspecified atom stereocenters. The molecule has 134 valence electrons. The van der Waals surface area contributed by atoms with Crippen molar-refractivity contribution < 1.29 is 14.4 Å². The summed E-state index contributed by atoms with van der Waals surface area (Å²) in [6.45, 7) is 3.88. The van der Waals surface area contributed by atoms with Crippen molar-refractivity contribution in [1.82, 2.24) is 10.2 Å². The van der Waals surface area contributed by atoms with E-state index in [4.69, 9.17) is 0 Å². The first-order valence-electron chi connectivity index (χ1n) is 8.80. The highest BCUT2D eigenvalue weighted by molar-refractivity contribution is 6.10. The van der Waals surface area contributed by atoms with Gasteiger partial charge in [0.15, 0.2) is 0 Å². The van der Waals surface area contributed by atoms with E-state index < -0.39 is 11.6 Å². The summed E-state index contributed by atoms with van der Waals surface area (Å²) in [6.07, 6.45) is 3.13. The van der Waals surface area contributed by atoms with Crippen LogP contribution in [0, 0.1) is 12.8 Å². The fourth-order valence-electron chi connectivity index (χ4n) is 3.64. The van der Waals surface area contributed by atoms with Crippen LogP contribution in [0.1, 0.15) is 38.2 Å². The van der Waals surface area contributed by atoms with Crippen molar-refractivity contribution in [2.24, 2.45) is 5.92 Å². The van der Waals surface area contributed by atoms with Gasteiger partial charge in [0.05, 0.1) is 0 Å². The van der Waals surface area contributed by atoms with Crippen LogP contribution in [-0.2, 0) is 9.59 Å². The Balaban J connectivity index is 1.71. The Bertz CT molecular complexity index is 708. The Morgan fingerprint density at radius 3 is 2.64 bits per heavy atom. The zero-order chi connectivity index (χ0) is 18.2.